The Kier molecular flexibility index (Phi) is 8.76. The summed E-state index contributed by atoms with van der Waals surface area (Å²) in [7, 11) is 3.12. The summed E-state index contributed by atoms with van der Waals surface area (Å²) in [5, 5.41) is 4.05. The molecule has 0 aliphatic carbocycles. The summed E-state index contributed by atoms with van der Waals surface area (Å²) in [5.74, 6) is -0.137. The standard InChI is InChI=1S/C32H33FN2O6/c1-7-40-30(36)20-12-14-25(34-18-20)23-16-27(41-31(37)32(2,3)4)29(28-22(23)9-8-10-24(28)33)35-17-19-11-13-21(38-5)15-26(19)39-6/h8-16,18,35H,7,17H2,1-6H3. The molecule has 0 aliphatic heterocycles. The van der Waals surface area contributed by atoms with Gasteiger partial charge in [-0.2, -0.15) is 0 Å². The number of nitrogens with zero attached hydrogens (tertiary/aromatic N) is 1. The third-order valence-electron chi connectivity index (χ3n) is 6.39. The molecule has 4 rings (SSSR count). The Hall–Kier alpha value is -4.66. The third-order valence-corrected chi connectivity index (χ3v) is 6.39. The van der Waals surface area contributed by atoms with E-state index < -0.39 is 23.2 Å². The van der Waals surface area contributed by atoms with Gasteiger partial charge in [-0.3, -0.25) is 9.78 Å². The molecule has 1 N–H and O–H groups in total. The first-order chi connectivity index (χ1) is 19.6. The van der Waals surface area contributed by atoms with Gasteiger partial charge in [0.15, 0.2) is 5.75 Å². The summed E-state index contributed by atoms with van der Waals surface area (Å²) in [5.41, 5.74) is 1.55. The van der Waals surface area contributed by atoms with E-state index in [1.165, 1.54) is 12.3 Å². The van der Waals surface area contributed by atoms with Crippen LogP contribution < -0.4 is 19.5 Å². The van der Waals surface area contributed by atoms with Crippen LogP contribution in [0.3, 0.4) is 0 Å². The second-order valence-electron chi connectivity index (χ2n) is 10.3. The van der Waals surface area contributed by atoms with Gasteiger partial charge in [0.2, 0.25) is 0 Å². The van der Waals surface area contributed by atoms with Crippen molar-refractivity contribution in [1.82, 2.24) is 4.98 Å². The van der Waals surface area contributed by atoms with Crippen molar-refractivity contribution in [2.45, 2.75) is 34.2 Å². The molecule has 0 saturated heterocycles. The number of aromatic nitrogens is 1. The topological polar surface area (TPSA) is 96.0 Å². The summed E-state index contributed by atoms with van der Waals surface area (Å²) < 4.78 is 37.4. The number of benzene rings is 3. The fourth-order valence-corrected chi connectivity index (χ4v) is 4.20. The normalized spacial score (nSPS) is 11.2. The Bertz CT molecular complexity index is 1580. The summed E-state index contributed by atoms with van der Waals surface area (Å²) in [6.45, 7) is 7.42. The van der Waals surface area contributed by atoms with Crippen molar-refractivity contribution in [2.24, 2.45) is 5.41 Å². The number of nitrogens with one attached hydrogen (secondary N) is 1. The van der Waals surface area contributed by atoms with Crippen LogP contribution in [0.5, 0.6) is 17.2 Å². The number of carbonyl (C=O) groups excluding carboxylic acids is 2. The molecule has 4 aromatic rings. The molecule has 0 unspecified atom stereocenters. The molecule has 41 heavy (non-hydrogen) atoms. The van der Waals surface area contributed by atoms with Crippen LogP contribution in [-0.4, -0.2) is 37.7 Å². The molecule has 3 aromatic carbocycles. The zero-order valence-corrected chi connectivity index (χ0v) is 24.0. The Morgan fingerprint density at radius 3 is 2.39 bits per heavy atom. The average Bonchev–Trinajstić information content (AvgIpc) is 2.96. The molecule has 0 fully saturated rings. The number of rotatable bonds is 9. The van der Waals surface area contributed by atoms with Crippen LogP contribution in [0.15, 0.2) is 60.8 Å². The number of ether oxygens (including phenoxy) is 4. The monoisotopic (exact) mass is 560 g/mol. The number of fused-ring (bicyclic) bond motifs is 1. The first-order valence-electron chi connectivity index (χ1n) is 13.1. The maximum Gasteiger partial charge on any atom is 0.339 e. The third kappa shape index (κ3) is 6.40. The van der Waals surface area contributed by atoms with Gasteiger partial charge < -0.3 is 24.3 Å². The van der Waals surface area contributed by atoms with Crippen LogP contribution in [0.1, 0.15) is 43.6 Å². The summed E-state index contributed by atoms with van der Waals surface area (Å²) in [6.07, 6.45) is 1.40. The maximum atomic E-state index is 15.6. The molecule has 0 radical (unpaired) electrons. The molecule has 0 saturated carbocycles. The van der Waals surface area contributed by atoms with E-state index in [-0.39, 0.29) is 29.9 Å². The van der Waals surface area contributed by atoms with Crippen LogP contribution in [0.2, 0.25) is 0 Å². The number of carbonyl (C=O) groups is 2. The lowest BCUT2D eigenvalue weighted by atomic mass is 9.96. The number of esters is 2. The number of anilines is 1. The van der Waals surface area contributed by atoms with Gasteiger partial charge in [0, 0.05) is 35.3 Å². The Labute approximate surface area is 238 Å². The quantitative estimate of drug-likeness (QED) is 0.176. The molecule has 0 aliphatic rings. The smallest absolute Gasteiger partial charge is 0.339 e. The average molecular weight is 561 g/mol. The van der Waals surface area contributed by atoms with E-state index in [1.807, 2.05) is 6.07 Å². The molecular formula is C32H33FN2O6. The summed E-state index contributed by atoms with van der Waals surface area (Å²) in [4.78, 5) is 29.6. The highest BCUT2D eigenvalue weighted by molar-refractivity contribution is 6.06. The van der Waals surface area contributed by atoms with Gasteiger partial charge >= 0.3 is 11.9 Å². The number of hydrogen-bond acceptors (Lipinski definition) is 8. The van der Waals surface area contributed by atoms with Gasteiger partial charge in [-0.15, -0.1) is 0 Å². The minimum atomic E-state index is -0.819. The zero-order chi connectivity index (χ0) is 29.7. The van der Waals surface area contributed by atoms with Crippen molar-refractivity contribution in [1.29, 1.82) is 0 Å². The van der Waals surface area contributed by atoms with Gasteiger partial charge in [0.25, 0.3) is 0 Å². The lowest BCUT2D eigenvalue weighted by molar-refractivity contribution is -0.142. The Balaban J connectivity index is 1.87. The first-order valence-corrected chi connectivity index (χ1v) is 13.1. The van der Waals surface area contributed by atoms with Gasteiger partial charge in [-0.1, -0.05) is 12.1 Å². The highest BCUT2D eigenvalue weighted by atomic mass is 19.1. The minimum Gasteiger partial charge on any atom is -0.497 e. The maximum absolute atomic E-state index is 15.6. The van der Waals surface area contributed by atoms with Crippen molar-refractivity contribution in [3.8, 4) is 28.5 Å². The van der Waals surface area contributed by atoms with Crippen LogP contribution in [0.4, 0.5) is 10.1 Å². The van der Waals surface area contributed by atoms with Gasteiger partial charge in [0.1, 0.15) is 17.3 Å². The molecule has 1 heterocycles. The first kappa shape index (κ1) is 29.3. The molecule has 8 nitrogen and oxygen atoms in total. The summed E-state index contributed by atoms with van der Waals surface area (Å²) >= 11 is 0. The summed E-state index contributed by atoms with van der Waals surface area (Å²) in [6, 6.07) is 15.0. The molecule has 0 atom stereocenters. The second-order valence-corrected chi connectivity index (χ2v) is 10.3. The van der Waals surface area contributed by atoms with Crippen molar-refractivity contribution in [2.75, 3.05) is 26.1 Å². The predicted molar refractivity (Wildman–Crippen MR) is 155 cm³/mol. The van der Waals surface area contributed by atoms with Gasteiger partial charge in [-0.25, -0.2) is 9.18 Å². The van der Waals surface area contributed by atoms with Crippen LogP contribution in [0.25, 0.3) is 22.0 Å². The van der Waals surface area contributed by atoms with E-state index in [2.05, 4.69) is 10.3 Å². The number of halogens is 1. The lowest BCUT2D eigenvalue weighted by Crippen LogP contribution is -2.26. The highest BCUT2D eigenvalue weighted by Gasteiger charge is 2.27. The fraction of sp³-hybridized carbons (Fsp3) is 0.281. The van der Waals surface area contributed by atoms with Gasteiger partial charge in [-0.05, 0) is 69.5 Å². The van der Waals surface area contributed by atoms with Crippen LogP contribution in [-0.2, 0) is 16.1 Å². The molecule has 0 amide bonds. The van der Waals surface area contributed by atoms with E-state index in [9.17, 15) is 9.59 Å². The van der Waals surface area contributed by atoms with Crippen molar-refractivity contribution in [3.63, 3.8) is 0 Å². The minimum absolute atomic E-state index is 0.140. The Morgan fingerprint density at radius 1 is 0.976 bits per heavy atom. The van der Waals surface area contributed by atoms with Crippen molar-refractivity contribution in [3.05, 3.63) is 77.7 Å². The molecule has 0 bridgehead atoms. The number of hydrogen-bond donors (Lipinski definition) is 1. The van der Waals surface area contributed by atoms with Gasteiger partial charge in [0.05, 0.1) is 43.2 Å². The highest BCUT2D eigenvalue weighted by Crippen LogP contribution is 2.42. The SMILES string of the molecule is CCOC(=O)c1ccc(-c2cc(OC(=O)C(C)(C)C)c(NCc3ccc(OC)cc3OC)c3c(F)cccc23)nc1. The van der Waals surface area contributed by atoms with Crippen LogP contribution >= 0.6 is 0 Å². The van der Waals surface area contributed by atoms with E-state index in [1.54, 1.807) is 84.4 Å². The van der Waals surface area contributed by atoms with Crippen LogP contribution in [0, 0.1) is 11.2 Å². The number of pyridine rings is 1. The molecular weight excluding hydrogens is 527 g/mol. The zero-order valence-electron chi connectivity index (χ0n) is 24.0. The molecule has 0 spiro atoms. The predicted octanol–water partition coefficient (Wildman–Crippen LogP) is 6.80. The van der Waals surface area contributed by atoms with E-state index >= 15 is 4.39 Å². The van der Waals surface area contributed by atoms with Crippen molar-refractivity contribution < 1.29 is 32.9 Å². The number of methoxy groups -OCH3 is 2. The molecule has 1 aromatic heterocycles. The van der Waals surface area contributed by atoms with E-state index in [0.717, 1.165) is 5.56 Å². The lowest BCUT2D eigenvalue weighted by Gasteiger charge is -2.22. The fourth-order valence-electron chi connectivity index (χ4n) is 4.20. The van der Waals surface area contributed by atoms with E-state index in [4.69, 9.17) is 18.9 Å². The second kappa shape index (κ2) is 12.2. The Morgan fingerprint density at radius 2 is 1.76 bits per heavy atom. The molecule has 214 valence electrons. The molecule has 9 heteroatoms. The van der Waals surface area contributed by atoms with Crippen molar-refractivity contribution >= 4 is 28.4 Å². The largest absolute Gasteiger partial charge is 0.497 e. The van der Waals surface area contributed by atoms with E-state index in [0.29, 0.717) is 33.8 Å².